The van der Waals surface area contributed by atoms with Gasteiger partial charge >= 0.3 is 0 Å². The summed E-state index contributed by atoms with van der Waals surface area (Å²) in [4.78, 5) is 10.2. The van der Waals surface area contributed by atoms with Gasteiger partial charge in [-0.15, -0.1) is 0 Å². The van der Waals surface area contributed by atoms with Crippen LogP contribution < -0.4 is 0 Å². The Morgan fingerprint density at radius 2 is 1.30 bits per heavy atom. The topological polar surface area (TPSA) is 50.9 Å². The monoisotopic (exact) mass is 615 g/mol. The van der Waals surface area contributed by atoms with Crippen LogP contribution in [0.1, 0.15) is 76.0 Å². The number of nitrogens with zero attached hydrogens (tertiary/aromatic N) is 3. The molecule has 2 heterocycles. The van der Waals surface area contributed by atoms with Crippen molar-refractivity contribution in [2.45, 2.75) is 59.3 Å². The van der Waals surface area contributed by atoms with Crippen LogP contribution in [-0.4, -0.2) is 19.6 Å². The highest BCUT2D eigenvalue weighted by Gasteiger charge is 2.20. The largest absolute Gasteiger partial charge is 0.507 e. The number of phenols is 1. The molecule has 47 heavy (non-hydrogen) atoms. The van der Waals surface area contributed by atoms with Crippen molar-refractivity contribution < 1.29 is 5.11 Å². The Labute approximate surface area is 277 Å². The van der Waals surface area contributed by atoms with Gasteiger partial charge in [0.1, 0.15) is 11.6 Å². The Hall–Kier alpha value is -5.22. The number of imidazole rings is 1. The summed E-state index contributed by atoms with van der Waals surface area (Å²) in [6.07, 6.45) is 3.98. The normalized spacial score (nSPS) is 11.9. The second-order valence-corrected chi connectivity index (χ2v) is 13.5. The average molecular weight is 616 g/mol. The zero-order valence-electron chi connectivity index (χ0n) is 28.0. The van der Waals surface area contributed by atoms with E-state index in [-0.39, 0.29) is 5.75 Å². The highest BCUT2D eigenvalue weighted by molar-refractivity contribution is 6.01. The van der Waals surface area contributed by atoms with Crippen LogP contribution in [0.25, 0.3) is 61.1 Å². The Morgan fingerprint density at radius 3 is 2.00 bits per heavy atom. The fourth-order valence-corrected chi connectivity index (χ4v) is 6.71. The van der Waals surface area contributed by atoms with Crippen molar-refractivity contribution >= 4 is 21.5 Å². The summed E-state index contributed by atoms with van der Waals surface area (Å²) in [7, 11) is 0. The van der Waals surface area contributed by atoms with Gasteiger partial charge in [0.2, 0.25) is 0 Å². The van der Waals surface area contributed by atoms with Gasteiger partial charge in [0.15, 0.2) is 0 Å². The molecule has 1 N–H and O–H groups in total. The second kappa shape index (κ2) is 12.2. The molecule has 5 aromatic carbocycles. The van der Waals surface area contributed by atoms with E-state index < -0.39 is 0 Å². The van der Waals surface area contributed by atoms with Gasteiger partial charge in [0, 0.05) is 34.5 Å². The first-order valence-electron chi connectivity index (χ1n) is 16.6. The summed E-state index contributed by atoms with van der Waals surface area (Å²) in [6.45, 7) is 13.4. The smallest absolute Gasteiger partial charge is 0.144 e. The number of pyridine rings is 1. The Kier molecular flexibility index (Phi) is 7.89. The minimum absolute atomic E-state index is 0.225. The number of hydrogen-bond acceptors (Lipinski definition) is 3. The summed E-state index contributed by atoms with van der Waals surface area (Å²) in [5, 5.41) is 15.5. The van der Waals surface area contributed by atoms with Gasteiger partial charge in [0.25, 0.3) is 0 Å². The highest BCUT2D eigenvalue weighted by Crippen LogP contribution is 2.40. The third-order valence-corrected chi connectivity index (χ3v) is 9.28. The van der Waals surface area contributed by atoms with Crippen molar-refractivity contribution in [3.05, 3.63) is 132 Å². The minimum atomic E-state index is 0.225. The summed E-state index contributed by atoms with van der Waals surface area (Å²) >= 11 is 0. The Bertz CT molecular complexity index is 2230. The van der Waals surface area contributed by atoms with Crippen molar-refractivity contribution in [2.75, 3.05) is 0 Å². The maximum absolute atomic E-state index is 11.3. The van der Waals surface area contributed by atoms with E-state index >= 15 is 0 Å². The van der Waals surface area contributed by atoms with Crippen molar-refractivity contribution in [1.29, 1.82) is 0 Å². The van der Waals surface area contributed by atoms with Gasteiger partial charge < -0.3 is 5.11 Å². The van der Waals surface area contributed by atoms with Crippen LogP contribution in [0.2, 0.25) is 0 Å². The first-order valence-corrected chi connectivity index (χ1v) is 16.6. The predicted molar refractivity (Wildman–Crippen MR) is 197 cm³/mol. The van der Waals surface area contributed by atoms with Crippen molar-refractivity contribution in [1.82, 2.24) is 14.5 Å². The quantitative estimate of drug-likeness (QED) is 0.194. The number of hydrogen-bond donors (Lipinski definition) is 1. The van der Waals surface area contributed by atoms with Crippen LogP contribution in [-0.2, 0) is 0 Å². The molecule has 0 saturated carbocycles. The molecule has 0 aliphatic heterocycles. The molecule has 0 aliphatic rings. The summed E-state index contributed by atoms with van der Waals surface area (Å²) in [5.74, 6) is 2.25. The van der Waals surface area contributed by atoms with Gasteiger partial charge in [-0.3, -0.25) is 4.57 Å². The van der Waals surface area contributed by atoms with Crippen LogP contribution in [0.3, 0.4) is 0 Å². The molecule has 0 fully saturated rings. The molecule has 4 nitrogen and oxygen atoms in total. The van der Waals surface area contributed by atoms with Gasteiger partial charge in [-0.2, -0.15) is 0 Å². The zero-order chi connectivity index (χ0) is 32.8. The number of fused-ring (bicyclic) bond motifs is 2. The van der Waals surface area contributed by atoms with E-state index in [4.69, 9.17) is 9.97 Å². The van der Waals surface area contributed by atoms with E-state index in [1.165, 1.54) is 22.4 Å². The maximum Gasteiger partial charge on any atom is 0.144 e. The maximum atomic E-state index is 11.3. The second-order valence-electron chi connectivity index (χ2n) is 13.5. The number of aromatic hydroxyl groups is 1. The third-order valence-electron chi connectivity index (χ3n) is 9.28. The first-order chi connectivity index (χ1) is 22.7. The highest BCUT2D eigenvalue weighted by atomic mass is 16.3. The Morgan fingerprint density at radius 1 is 0.617 bits per heavy atom. The number of benzene rings is 5. The van der Waals surface area contributed by atoms with Gasteiger partial charge in [-0.25, -0.2) is 9.97 Å². The van der Waals surface area contributed by atoms with Crippen LogP contribution in [0, 0.1) is 0 Å². The van der Waals surface area contributed by atoms with E-state index in [1.54, 1.807) is 0 Å². The number of para-hydroxylation sites is 1. The van der Waals surface area contributed by atoms with Crippen LogP contribution in [0.4, 0.5) is 0 Å². The van der Waals surface area contributed by atoms with E-state index in [9.17, 15) is 5.11 Å². The fraction of sp³-hybridized carbons (Fsp3) is 0.209. The molecule has 234 valence electrons. The van der Waals surface area contributed by atoms with Crippen LogP contribution >= 0.6 is 0 Å². The fourth-order valence-electron chi connectivity index (χ4n) is 6.71. The number of aromatic nitrogens is 3. The van der Waals surface area contributed by atoms with Crippen molar-refractivity contribution in [3.8, 4) is 45.3 Å². The lowest BCUT2D eigenvalue weighted by Crippen LogP contribution is -2.07. The molecule has 7 aromatic rings. The minimum Gasteiger partial charge on any atom is -0.507 e. The van der Waals surface area contributed by atoms with E-state index in [1.807, 2.05) is 30.5 Å². The van der Waals surface area contributed by atoms with E-state index in [2.05, 4.69) is 131 Å². The Balaban J connectivity index is 1.42. The molecule has 4 heteroatoms. The van der Waals surface area contributed by atoms with Gasteiger partial charge in [0.05, 0.1) is 17.1 Å². The molecule has 7 rings (SSSR count). The molecule has 0 bridgehead atoms. The average Bonchev–Trinajstić information content (AvgIpc) is 3.56. The molecule has 2 aromatic heterocycles. The molecular weight excluding hydrogens is 574 g/mol. The van der Waals surface area contributed by atoms with Gasteiger partial charge in [-0.05, 0) is 74.9 Å². The predicted octanol–water partition coefficient (Wildman–Crippen LogP) is 11.7. The molecule has 0 unspecified atom stereocenters. The summed E-state index contributed by atoms with van der Waals surface area (Å²) in [5.41, 5.74) is 9.48. The first kappa shape index (κ1) is 30.4. The third kappa shape index (κ3) is 5.59. The molecule has 0 amide bonds. The molecular formula is C43H41N3O. The molecule has 0 spiro atoms. The van der Waals surface area contributed by atoms with Crippen LogP contribution in [0.15, 0.2) is 116 Å². The summed E-state index contributed by atoms with van der Waals surface area (Å²) < 4.78 is 2.26. The lowest BCUT2D eigenvalue weighted by molar-refractivity contribution is 0.478. The molecule has 0 saturated heterocycles. The lowest BCUT2D eigenvalue weighted by atomic mass is 9.92. The number of rotatable bonds is 7. The van der Waals surface area contributed by atoms with Crippen molar-refractivity contribution in [2.24, 2.45) is 0 Å². The zero-order valence-corrected chi connectivity index (χ0v) is 28.0. The standard InChI is InChI=1S/C43H41N3O/c1-26(2)29-17-18-37-34(21-29)24-39(45-41(37)38-23-30-11-7-8-12-31(30)25-40(38)47)32-13-9-14-33(22-32)43-44-19-20-46(43)42-35(27(3)4)15-10-16-36(42)28(5)6/h7-28,47H,1-6H3. The van der Waals surface area contributed by atoms with E-state index in [0.717, 1.165) is 55.4 Å². The lowest BCUT2D eigenvalue weighted by Gasteiger charge is -2.22. The SMILES string of the molecule is CC(C)c1ccc2c(-c3cc4ccccc4cc3O)nc(-c3cccc(-c4nccn4-c4c(C(C)C)cccc4C(C)C)c3)cc2c1. The van der Waals surface area contributed by atoms with E-state index in [0.29, 0.717) is 17.8 Å². The summed E-state index contributed by atoms with van der Waals surface area (Å²) in [6, 6.07) is 36.0. The van der Waals surface area contributed by atoms with Gasteiger partial charge in [-0.1, -0.05) is 120 Å². The number of phenolic OH excluding ortho intramolecular Hbond substituents is 1. The molecule has 0 aliphatic carbocycles. The molecule has 0 atom stereocenters. The molecule has 0 radical (unpaired) electrons. The van der Waals surface area contributed by atoms with Crippen molar-refractivity contribution in [3.63, 3.8) is 0 Å². The van der Waals surface area contributed by atoms with Crippen LogP contribution in [0.5, 0.6) is 5.75 Å².